The maximum Gasteiger partial charge on any atom is 0.360 e. The molecule has 0 saturated heterocycles. The molecule has 1 fully saturated rings. The van der Waals surface area contributed by atoms with E-state index in [0.29, 0.717) is 17.8 Å². The van der Waals surface area contributed by atoms with Crippen LogP contribution in [0, 0.1) is 12.3 Å². The molecule has 0 amide bonds. The first kappa shape index (κ1) is 12.0. The van der Waals surface area contributed by atoms with E-state index in [0.717, 1.165) is 12.4 Å². The lowest BCUT2D eigenvalue weighted by molar-refractivity contribution is 0.0521. The highest BCUT2D eigenvalue weighted by Crippen LogP contribution is 2.47. The second kappa shape index (κ2) is 4.05. The van der Waals surface area contributed by atoms with Gasteiger partial charge in [0.1, 0.15) is 11.6 Å². The van der Waals surface area contributed by atoms with Gasteiger partial charge in [0.2, 0.25) is 0 Å². The number of anilines is 1. The lowest BCUT2D eigenvalue weighted by Gasteiger charge is -2.12. The van der Waals surface area contributed by atoms with E-state index in [4.69, 9.17) is 10.5 Å². The Labute approximate surface area is 101 Å². The molecule has 94 valence electrons. The fraction of sp³-hybridized carbons (Fsp3) is 0.667. The topological polar surface area (TPSA) is 70.1 Å². The molecule has 5 nitrogen and oxygen atoms in total. The molecule has 0 unspecified atom stereocenters. The van der Waals surface area contributed by atoms with Gasteiger partial charge in [-0.15, -0.1) is 0 Å². The minimum absolute atomic E-state index is 0.244. The maximum absolute atomic E-state index is 11.6. The van der Waals surface area contributed by atoms with Crippen LogP contribution in [0.2, 0.25) is 0 Å². The van der Waals surface area contributed by atoms with Gasteiger partial charge in [-0.25, -0.2) is 9.78 Å². The molecule has 1 aromatic heterocycles. The molecule has 0 atom stereocenters. The number of nitrogens with two attached hydrogens (primary N) is 1. The van der Waals surface area contributed by atoms with Crippen molar-refractivity contribution in [1.29, 1.82) is 0 Å². The van der Waals surface area contributed by atoms with E-state index in [9.17, 15) is 4.79 Å². The molecule has 1 aromatic rings. The highest BCUT2D eigenvalue weighted by molar-refractivity contribution is 5.92. The third-order valence-electron chi connectivity index (χ3n) is 3.31. The van der Waals surface area contributed by atoms with E-state index in [1.807, 2.05) is 11.5 Å². The molecule has 1 saturated carbocycles. The summed E-state index contributed by atoms with van der Waals surface area (Å²) in [5, 5.41) is 0. The Hall–Kier alpha value is -1.52. The molecule has 0 radical (unpaired) electrons. The number of rotatable bonds is 4. The normalized spacial score (nSPS) is 16.9. The minimum Gasteiger partial charge on any atom is -0.461 e. The first-order chi connectivity index (χ1) is 7.97. The van der Waals surface area contributed by atoms with E-state index in [1.54, 1.807) is 6.92 Å². The van der Waals surface area contributed by atoms with Crippen molar-refractivity contribution in [3.05, 3.63) is 11.5 Å². The van der Waals surface area contributed by atoms with E-state index in [1.165, 1.54) is 12.8 Å². The van der Waals surface area contributed by atoms with Crippen molar-refractivity contribution in [2.75, 3.05) is 12.3 Å². The average molecular weight is 237 g/mol. The van der Waals surface area contributed by atoms with E-state index >= 15 is 0 Å². The predicted molar refractivity (Wildman–Crippen MR) is 64.7 cm³/mol. The van der Waals surface area contributed by atoms with Crippen LogP contribution in [-0.4, -0.2) is 22.1 Å². The molecule has 1 heterocycles. The number of esters is 1. The summed E-state index contributed by atoms with van der Waals surface area (Å²) >= 11 is 0. The summed E-state index contributed by atoms with van der Waals surface area (Å²) in [5.41, 5.74) is 6.54. The van der Waals surface area contributed by atoms with Crippen molar-refractivity contribution in [2.24, 2.45) is 5.41 Å². The molecular weight excluding hydrogens is 218 g/mol. The fourth-order valence-electron chi connectivity index (χ4n) is 1.88. The van der Waals surface area contributed by atoms with E-state index in [-0.39, 0.29) is 5.69 Å². The van der Waals surface area contributed by atoms with Crippen molar-refractivity contribution in [1.82, 2.24) is 9.55 Å². The van der Waals surface area contributed by atoms with Crippen LogP contribution in [0.15, 0.2) is 0 Å². The Kier molecular flexibility index (Phi) is 2.85. The molecule has 1 aliphatic carbocycles. The Morgan fingerprint density at radius 1 is 1.59 bits per heavy atom. The first-order valence-corrected chi connectivity index (χ1v) is 5.96. The van der Waals surface area contributed by atoms with Gasteiger partial charge in [0.25, 0.3) is 0 Å². The van der Waals surface area contributed by atoms with Gasteiger partial charge in [-0.3, -0.25) is 0 Å². The zero-order valence-corrected chi connectivity index (χ0v) is 10.6. The summed E-state index contributed by atoms with van der Waals surface area (Å²) < 4.78 is 6.84. The number of nitrogens with zero attached hydrogens (tertiary/aromatic N) is 2. The van der Waals surface area contributed by atoms with Crippen molar-refractivity contribution in [3.8, 4) is 0 Å². The summed E-state index contributed by atoms with van der Waals surface area (Å²) in [6, 6.07) is 0. The molecule has 2 N–H and O–H groups in total. The molecular formula is C12H19N3O2. The van der Waals surface area contributed by atoms with Crippen molar-refractivity contribution in [3.63, 3.8) is 0 Å². The zero-order valence-electron chi connectivity index (χ0n) is 10.6. The number of ether oxygens (including phenoxy) is 1. The predicted octanol–water partition coefficient (Wildman–Crippen LogP) is 1.75. The third kappa shape index (κ3) is 2.28. The fourth-order valence-corrected chi connectivity index (χ4v) is 1.88. The molecule has 5 heteroatoms. The molecule has 0 aliphatic heterocycles. The number of aryl methyl sites for hydroxylation is 1. The van der Waals surface area contributed by atoms with E-state index < -0.39 is 5.97 Å². The summed E-state index contributed by atoms with van der Waals surface area (Å²) in [5.74, 6) is 0.764. The standard InChI is InChI=1S/C12H19N3O2/c1-4-17-11(16)9-10(13)15(8(2)14-9)7-12(3)5-6-12/h4-7,13H2,1-3H3. The van der Waals surface area contributed by atoms with Gasteiger partial charge in [0.05, 0.1) is 6.61 Å². The first-order valence-electron chi connectivity index (χ1n) is 5.96. The van der Waals surface area contributed by atoms with Crippen molar-refractivity contribution >= 4 is 11.8 Å². The van der Waals surface area contributed by atoms with Crippen LogP contribution in [-0.2, 0) is 11.3 Å². The van der Waals surface area contributed by atoms with Gasteiger partial charge < -0.3 is 15.0 Å². The van der Waals surface area contributed by atoms with Crippen molar-refractivity contribution in [2.45, 2.75) is 40.2 Å². The number of carbonyl (C=O) groups excluding carboxylic acids is 1. The van der Waals surface area contributed by atoms with Gasteiger partial charge in [0.15, 0.2) is 5.69 Å². The summed E-state index contributed by atoms with van der Waals surface area (Å²) in [7, 11) is 0. The summed E-state index contributed by atoms with van der Waals surface area (Å²) in [6.07, 6.45) is 2.41. The van der Waals surface area contributed by atoms with Crippen LogP contribution in [0.3, 0.4) is 0 Å². The Bertz CT molecular complexity index is 447. The minimum atomic E-state index is -0.437. The zero-order chi connectivity index (χ0) is 12.6. The van der Waals surface area contributed by atoms with Gasteiger partial charge in [-0.2, -0.15) is 0 Å². The SMILES string of the molecule is CCOC(=O)c1nc(C)n(CC2(C)CC2)c1N. The van der Waals surface area contributed by atoms with Gasteiger partial charge in [-0.1, -0.05) is 6.92 Å². The monoisotopic (exact) mass is 237 g/mol. The highest BCUT2D eigenvalue weighted by Gasteiger charge is 2.38. The summed E-state index contributed by atoms with van der Waals surface area (Å²) in [4.78, 5) is 15.8. The smallest absolute Gasteiger partial charge is 0.360 e. The number of carbonyl (C=O) groups is 1. The van der Waals surface area contributed by atoms with Gasteiger partial charge in [0, 0.05) is 6.54 Å². The van der Waals surface area contributed by atoms with Crippen LogP contribution < -0.4 is 5.73 Å². The van der Waals surface area contributed by atoms with Crippen LogP contribution in [0.5, 0.6) is 0 Å². The Morgan fingerprint density at radius 3 is 2.76 bits per heavy atom. The molecule has 0 spiro atoms. The van der Waals surface area contributed by atoms with Gasteiger partial charge in [-0.05, 0) is 32.1 Å². The second-order valence-corrected chi connectivity index (χ2v) is 5.01. The van der Waals surface area contributed by atoms with Crippen LogP contribution in [0.25, 0.3) is 0 Å². The van der Waals surface area contributed by atoms with Gasteiger partial charge >= 0.3 is 5.97 Å². The quantitative estimate of drug-likeness (QED) is 0.810. The summed E-state index contributed by atoms with van der Waals surface area (Å²) in [6.45, 7) is 7.02. The maximum atomic E-state index is 11.6. The molecule has 2 rings (SSSR count). The lowest BCUT2D eigenvalue weighted by atomic mass is 10.1. The molecule has 1 aliphatic rings. The second-order valence-electron chi connectivity index (χ2n) is 5.01. The molecule has 0 aromatic carbocycles. The molecule has 0 bridgehead atoms. The number of hydrogen-bond acceptors (Lipinski definition) is 4. The van der Waals surface area contributed by atoms with Crippen LogP contribution in [0.4, 0.5) is 5.82 Å². The number of nitrogen functional groups attached to an aromatic ring is 1. The van der Waals surface area contributed by atoms with Crippen molar-refractivity contribution < 1.29 is 9.53 Å². The lowest BCUT2D eigenvalue weighted by Crippen LogP contribution is -2.14. The van der Waals surface area contributed by atoms with E-state index in [2.05, 4.69) is 11.9 Å². The number of aromatic nitrogens is 2. The third-order valence-corrected chi connectivity index (χ3v) is 3.31. The van der Waals surface area contributed by atoms with Crippen LogP contribution >= 0.6 is 0 Å². The largest absolute Gasteiger partial charge is 0.461 e. The Morgan fingerprint density at radius 2 is 2.24 bits per heavy atom. The molecule has 17 heavy (non-hydrogen) atoms. The Balaban J connectivity index is 2.25. The average Bonchev–Trinajstić information content (AvgIpc) is 2.93. The number of hydrogen-bond donors (Lipinski definition) is 1. The van der Waals surface area contributed by atoms with Crippen LogP contribution in [0.1, 0.15) is 43.0 Å². The highest BCUT2D eigenvalue weighted by atomic mass is 16.5. The number of imidazole rings is 1.